The van der Waals surface area contributed by atoms with Gasteiger partial charge in [0.1, 0.15) is 0 Å². The highest BCUT2D eigenvalue weighted by atomic mass is 15.8. The zero-order valence-corrected chi connectivity index (χ0v) is 4.67. The van der Waals surface area contributed by atoms with Crippen LogP contribution in [0.2, 0.25) is 0 Å². The van der Waals surface area contributed by atoms with Gasteiger partial charge in [0.05, 0.1) is 0 Å². The van der Waals surface area contributed by atoms with Crippen molar-refractivity contribution in [2.24, 2.45) is 0 Å². The lowest BCUT2D eigenvalue weighted by Crippen LogP contribution is -2.35. The Bertz CT molecular complexity index is 121. The van der Waals surface area contributed by atoms with E-state index in [1.54, 1.807) is 0 Å². The van der Waals surface area contributed by atoms with Crippen molar-refractivity contribution in [3.63, 3.8) is 0 Å². The van der Waals surface area contributed by atoms with E-state index >= 15 is 0 Å². The van der Waals surface area contributed by atoms with Crippen LogP contribution in [0, 0.1) is 0 Å². The van der Waals surface area contributed by atoms with E-state index in [2.05, 4.69) is 21.8 Å². The Balaban J connectivity index is 2.13. The van der Waals surface area contributed by atoms with Crippen LogP contribution in [0.4, 0.5) is 0 Å². The lowest BCUT2D eigenvalue weighted by Gasteiger charge is -2.18. The molecule has 0 bridgehead atoms. The maximum absolute atomic E-state index is 3.10. The van der Waals surface area contributed by atoms with Gasteiger partial charge in [-0.15, -0.1) is 5.12 Å². The largest absolute Gasteiger partial charge is 0.307 e. The molecule has 2 aliphatic heterocycles. The first kappa shape index (κ1) is 4.21. The summed E-state index contributed by atoms with van der Waals surface area (Å²) >= 11 is 0. The minimum absolute atomic E-state index is 1.15. The molecule has 0 spiro atoms. The fourth-order valence-corrected chi connectivity index (χ4v) is 1.13. The summed E-state index contributed by atoms with van der Waals surface area (Å²) in [4.78, 5) is 0. The molecule has 0 radical (unpaired) electrons. The molecule has 0 aromatic rings. The van der Waals surface area contributed by atoms with Gasteiger partial charge in [0.2, 0.25) is 0 Å². The summed E-state index contributed by atoms with van der Waals surface area (Å²) in [6.45, 7) is 2.32. The van der Waals surface area contributed by atoms with Gasteiger partial charge in [-0.2, -0.15) is 0 Å². The molecule has 1 N–H and O–H groups in total. The molecule has 44 valence electrons. The van der Waals surface area contributed by atoms with Gasteiger partial charge in [-0.25, -0.2) is 0 Å². The van der Waals surface area contributed by atoms with Crippen LogP contribution in [0.3, 0.4) is 0 Å². The third kappa shape index (κ3) is 0.419. The van der Waals surface area contributed by atoms with Gasteiger partial charge in [0.15, 0.2) is 0 Å². The Kier molecular flexibility index (Phi) is 0.729. The maximum Gasteiger partial charge on any atom is 0.0408 e. The summed E-state index contributed by atoms with van der Waals surface area (Å²) in [6.07, 6.45) is 5.30. The van der Waals surface area contributed by atoms with Crippen LogP contribution < -0.4 is 5.43 Å². The predicted molar refractivity (Wildman–Crippen MR) is 30.3 cm³/mol. The topological polar surface area (TPSA) is 18.5 Å². The standard InChI is InChI=1S/C5H9N3/c1-3-7-5-2-6-8(7)4-1/h2,5-6H,1,3-4H2. The van der Waals surface area contributed by atoms with Crippen molar-refractivity contribution in [2.45, 2.75) is 6.42 Å². The highest BCUT2D eigenvalue weighted by Crippen LogP contribution is 2.10. The van der Waals surface area contributed by atoms with Gasteiger partial charge in [0, 0.05) is 25.5 Å². The van der Waals surface area contributed by atoms with Crippen molar-refractivity contribution in [1.82, 2.24) is 15.6 Å². The molecule has 3 nitrogen and oxygen atoms in total. The second-order valence-corrected chi connectivity index (χ2v) is 2.08. The first-order chi connectivity index (χ1) is 3.97. The summed E-state index contributed by atoms with van der Waals surface area (Å²) < 4.78 is 0. The number of hydrogen-bond acceptors (Lipinski definition) is 3. The lowest BCUT2D eigenvalue weighted by atomic mass is 10.5. The summed E-state index contributed by atoms with van der Waals surface area (Å²) in [5.74, 6) is 0. The second-order valence-electron chi connectivity index (χ2n) is 2.08. The Morgan fingerprint density at radius 2 is 2.38 bits per heavy atom. The Morgan fingerprint density at radius 1 is 1.38 bits per heavy atom. The predicted octanol–water partition coefficient (Wildman–Crippen LogP) is -0.102. The highest BCUT2D eigenvalue weighted by Gasteiger charge is 2.20. The molecule has 1 saturated heterocycles. The summed E-state index contributed by atoms with van der Waals surface area (Å²) in [6, 6.07) is 0. The average molecular weight is 111 g/mol. The van der Waals surface area contributed by atoms with Crippen LogP contribution in [-0.4, -0.2) is 23.2 Å². The maximum atomic E-state index is 3.10. The number of rotatable bonds is 0. The number of hydrazine groups is 2. The van der Waals surface area contributed by atoms with E-state index in [-0.39, 0.29) is 0 Å². The molecule has 0 saturated carbocycles. The molecule has 0 atom stereocenters. The molecule has 2 heterocycles. The van der Waals surface area contributed by atoms with E-state index in [0.29, 0.717) is 0 Å². The molecular weight excluding hydrogens is 102 g/mol. The van der Waals surface area contributed by atoms with Crippen LogP contribution in [0.5, 0.6) is 0 Å². The smallest absolute Gasteiger partial charge is 0.0408 e. The summed E-state index contributed by atoms with van der Waals surface area (Å²) in [5, 5.41) is 4.29. The monoisotopic (exact) mass is 111 g/mol. The Labute approximate surface area is 48.5 Å². The Hall–Kier alpha value is -0.700. The van der Waals surface area contributed by atoms with Crippen LogP contribution in [0.25, 0.3) is 0 Å². The van der Waals surface area contributed by atoms with Crippen molar-refractivity contribution >= 4 is 0 Å². The molecule has 0 aliphatic carbocycles. The molecule has 8 heavy (non-hydrogen) atoms. The SMILES string of the molecule is C1=CN2CCCN2N1. The van der Waals surface area contributed by atoms with Crippen LogP contribution >= 0.6 is 0 Å². The molecule has 2 aliphatic rings. The molecule has 0 aromatic heterocycles. The Morgan fingerprint density at radius 3 is 3.25 bits per heavy atom. The van der Waals surface area contributed by atoms with Crippen molar-refractivity contribution < 1.29 is 0 Å². The second kappa shape index (κ2) is 1.39. The normalized spacial score (nSPS) is 26.2. The molecule has 2 rings (SSSR count). The van der Waals surface area contributed by atoms with E-state index in [1.165, 1.54) is 13.0 Å². The van der Waals surface area contributed by atoms with Crippen molar-refractivity contribution in [1.29, 1.82) is 0 Å². The number of hydrogen-bond donors (Lipinski definition) is 1. The van der Waals surface area contributed by atoms with Crippen molar-refractivity contribution in [3.8, 4) is 0 Å². The van der Waals surface area contributed by atoms with Gasteiger partial charge in [-0.3, -0.25) is 5.01 Å². The molecule has 0 aromatic carbocycles. The van der Waals surface area contributed by atoms with Gasteiger partial charge >= 0.3 is 0 Å². The third-order valence-corrected chi connectivity index (χ3v) is 1.54. The molecular formula is C5H9N3. The quantitative estimate of drug-likeness (QED) is 0.471. The number of fused-ring (bicyclic) bond motifs is 1. The molecule has 0 amide bonds. The molecule has 0 unspecified atom stereocenters. The zero-order chi connectivity index (χ0) is 5.40. The van der Waals surface area contributed by atoms with Crippen molar-refractivity contribution in [2.75, 3.05) is 13.1 Å². The average Bonchev–Trinajstić information content (AvgIpc) is 2.15. The zero-order valence-electron chi connectivity index (χ0n) is 4.67. The number of nitrogens with zero attached hydrogens (tertiary/aromatic N) is 2. The van der Waals surface area contributed by atoms with E-state index in [0.717, 1.165) is 6.54 Å². The lowest BCUT2D eigenvalue weighted by molar-refractivity contribution is 0.0646. The van der Waals surface area contributed by atoms with E-state index < -0.39 is 0 Å². The van der Waals surface area contributed by atoms with Gasteiger partial charge < -0.3 is 5.43 Å². The minimum Gasteiger partial charge on any atom is -0.307 e. The highest BCUT2D eigenvalue weighted by molar-refractivity contribution is 4.87. The minimum atomic E-state index is 1.15. The molecule has 3 heteroatoms. The number of nitrogens with one attached hydrogen (secondary N) is 1. The van der Waals surface area contributed by atoms with Crippen molar-refractivity contribution in [3.05, 3.63) is 12.4 Å². The first-order valence-corrected chi connectivity index (χ1v) is 2.94. The van der Waals surface area contributed by atoms with E-state index in [4.69, 9.17) is 0 Å². The van der Waals surface area contributed by atoms with E-state index in [1.807, 2.05) is 6.20 Å². The van der Waals surface area contributed by atoms with Gasteiger partial charge in [-0.1, -0.05) is 0 Å². The van der Waals surface area contributed by atoms with Gasteiger partial charge in [0.25, 0.3) is 0 Å². The fourth-order valence-electron chi connectivity index (χ4n) is 1.13. The third-order valence-electron chi connectivity index (χ3n) is 1.54. The fraction of sp³-hybridized carbons (Fsp3) is 0.600. The molecule has 1 fully saturated rings. The summed E-state index contributed by atoms with van der Waals surface area (Å²) in [7, 11) is 0. The van der Waals surface area contributed by atoms with Gasteiger partial charge in [-0.05, 0) is 6.42 Å². The van der Waals surface area contributed by atoms with Crippen LogP contribution in [-0.2, 0) is 0 Å². The summed E-state index contributed by atoms with van der Waals surface area (Å²) in [5.41, 5.74) is 3.10. The first-order valence-electron chi connectivity index (χ1n) is 2.94. The van der Waals surface area contributed by atoms with Crippen LogP contribution in [0.15, 0.2) is 12.4 Å². The van der Waals surface area contributed by atoms with E-state index in [9.17, 15) is 0 Å². The van der Waals surface area contributed by atoms with Crippen LogP contribution in [0.1, 0.15) is 6.42 Å².